The third kappa shape index (κ3) is 3.85. The Kier molecular flexibility index (Phi) is 8.04. The van der Waals surface area contributed by atoms with Gasteiger partial charge in [0, 0.05) is 11.6 Å². The number of aryl methyl sites for hydroxylation is 2. The number of benzene rings is 1. The molecule has 0 saturated carbocycles. The lowest BCUT2D eigenvalue weighted by Gasteiger charge is -2.05. The maximum absolute atomic E-state index is 4.41. The van der Waals surface area contributed by atoms with Crippen molar-refractivity contribution in [3.63, 3.8) is 0 Å². The Morgan fingerprint density at radius 1 is 1.00 bits per heavy atom. The summed E-state index contributed by atoms with van der Waals surface area (Å²) in [6.07, 6.45) is 2.91. The maximum Gasteiger partial charge on any atom is 0.0736 e. The minimum atomic E-state index is 1.05. The summed E-state index contributed by atoms with van der Waals surface area (Å²) in [5.41, 5.74) is 3.80. The lowest BCUT2D eigenvalue weighted by atomic mass is 10.0. The molecule has 1 heteroatoms. The molecule has 0 unspecified atom stereocenters. The van der Waals surface area contributed by atoms with Crippen molar-refractivity contribution in [2.75, 3.05) is 0 Å². The summed E-state index contributed by atoms with van der Waals surface area (Å²) in [6.45, 7) is 12.3. The fourth-order valence-corrected chi connectivity index (χ4v) is 1.66. The Bertz CT molecular complexity index is 432. The van der Waals surface area contributed by atoms with Crippen molar-refractivity contribution in [1.82, 2.24) is 4.98 Å². The van der Waals surface area contributed by atoms with Gasteiger partial charge in [-0.1, -0.05) is 52.8 Å². The van der Waals surface area contributed by atoms with E-state index in [1.807, 2.05) is 40.0 Å². The van der Waals surface area contributed by atoms with E-state index in [0.29, 0.717) is 0 Å². The molecule has 0 aliphatic carbocycles. The first-order valence-electron chi connectivity index (χ1n) is 6.66. The zero-order chi connectivity index (χ0) is 13.3. The maximum atomic E-state index is 4.41. The molecule has 0 N–H and O–H groups in total. The van der Waals surface area contributed by atoms with Crippen LogP contribution in [0.25, 0.3) is 10.9 Å². The van der Waals surface area contributed by atoms with E-state index in [9.17, 15) is 0 Å². The van der Waals surface area contributed by atoms with Crippen molar-refractivity contribution in [1.29, 1.82) is 0 Å². The van der Waals surface area contributed by atoms with Gasteiger partial charge in [0.25, 0.3) is 0 Å². The third-order valence-electron chi connectivity index (χ3n) is 2.45. The second-order valence-corrected chi connectivity index (χ2v) is 3.29. The molecule has 0 spiro atoms. The van der Waals surface area contributed by atoms with Crippen LogP contribution >= 0.6 is 0 Å². The van der Waals surface area contributed by atoms with Crippen LogP contribution in [0, 0.1) is 6.92 Å². The van der Waals surface area contributed by atoms with Crippen molar-refractivity contribution in [3.8, 4) is 0 Å². The van der Waals surface area contributed by atoms with Crippen LogP contribution in [0.3, 0.4) is 0 Å². The summed E-state index contributed by atoms with van der Waals surface area (Å²) >= 11 is 0. The first kappa shape index (κ1) is 15.6. The van der Waals surface area contributed by atoms with E-state index in [2.05, 4.69) is 37.0 Å². The monoisotopic (exact) mass is 231 g/mol. The summed E-state index contributed by atoms with van der Waals surface area (Å²) in [5.74, 6) is 0. The molecular weight excluding hydrogens is 206 g/mol. The SMILES string of the molecule is CC.CC.CCc1ccc(C)c2cccnc12. The summed E-state index contributed by atoms with van der Waals surface area (Å²) in [6, 6.07) is 8.47. The van der Waals surface area contributed by atoms with Crippen LogP contribution in [0.1, 0.15) is 45.7 Å². The molecule has 17 heavy (non-hydrogen) atoms. The molecule has 0 atom stereocenters. The summed E-state index contributed by atoms with van der Waals surface area (Å²) < 4.78 is 0. The van der Waals surface area contributed by atoms with E-state index in [4.69, 9.17) is 0 Å². The fourth-order valence-electron chi connectivity index (χ4n) is 1.66. The molecule has 0 radical (unpaired) electrons. The quantitative estimate of drug-likeness (QED) is 0.660. The molecule has 0 aliphatic heterocycles. The van der Waals surface area contributed by atoms with E-state index >= 15 is 0 Å². The van der Waals surface area contributed by atoms with Crippen LogP contribution < -0.4 is 0 Å². The van der Waals surface area contributed by atoms with Gasteiger partial charge in [-0.05, 0) is 30.5 Å². The predicted octanol–water partition coefficient (Wildman–Crippen LogP) is 5.16. The van der Waals surface area contributed by atoms with Gasteiger partial charge in [0.05, 0.1) is 5.52 Å². The molecule has 0 aliphatic rings. The van der Waals surface area contributed by atoms with E-state index in [-0.39, 0.29) is 0 Å². The third-order valence-corrected chi connectivity index (χ3v) is 2.45. The molecule has 1 heterocycles. The average Bonchev–Trinajstić information content (AvgIpc) is 2.44. The van der Waals surface area contributed by atoms with Gasteiger partial charge < -0.3 is 0 Å². The van der Waals surface area contributed by atoms with Gasteiger partial charge in [-0.15, -0.1) is 0 Å². The number of pyridine rings is 1. The normalized spacial score (nSPS) is 8.82. The Balaban J connectivity index is 0.000000581. The van der Waals surface area contributed by atoms with E-state index in [0.717, 1.165) is 11.9 Å². The highest BCUT2D eigenvalue weighted by Crippen LogP contribution is 2.20. The summed E-state index contributed by atoms with van der Waals surface area (Å²) in [7, 11) is 0. The number of fused-ring (bicyclic) bond motifs is 1. The number of nitrogens with zero attached hydrogens (tertiary/aromatic N) is 1. The molecule has 2 aromatic rings. The second-order valence-electron chi connectivity index (χ2n) is 3.29. The van der Waals surface area contributed by atoms with Gasteiger partial charge in [-0.2, -0.15) is 0 Å². The van der Waals surface area contributed by atoms with E-state index in [1.54, 1.807) is 0 Å². The van der Waals surface area contributed by atoms with Crippen molar-refractivity contribution in [3.05, 3.63) is 41.6 Å². The van der Waals surface area contributed by atoms with Crippen molar-refractivity contribution < 1.29 is 0 Å². The highest BCUT2D eigenvalue weighted by Gasteiger charge is 2.01. The average molecular weight is 231 g/mol. The first-order valence-corrected chi connectivity index (χ1v) is 6.66. The number of rotatable bonds is 1. The van der Waals surface area contributed by atoms with Crippen molar-refractivity contribution in [2.45, 2.75) is 48.0 Å². The van der Waals surface area contributed by atoms with Gasteiger partial charge in [0.1, 0.15) is 0 Å². The molecule has 2 rings (SSSR count). The summed E-state index contributed by atoms with van der Waals surface area (Å²) in [4.78, 5) is 4.41. The fraction of sp³-hybridized carbons (Fsp3) is 0.438. The lowest BCUT2D eigenvalue weighted by molar-refractivity contribution is 1.14. The molecule has 0 saturated heterocycles. The van der Waals surface area contributed by atoms with Crippen LogP contribution in [0.5, 0.6) is 0 Å². The zero-order valence-electron chi connectivity index (χ0n) is 12.0. The standard InChI is InChI=1S/C12H13N.2C2H6/c1-3-10-7-6-9(2)11-5-4-8-13-12(10)11;2*1-2/h4-8H,3H2,1-2H3;2*1-2H3. The second kappa shape index (κ2) is 8.74. The smallest absolute Gasteiger partial charge is 0.0736 e. The van der Waals surface area contributed by atoms with Crippen LogP contribution in [-0.4, -0.2) is 4.98 Å². The Hall–Kier alpha value is -1.37. The Labute approximate surface area is 106 Å². The Morgan fingerprint density at radius 2 is 1.65 bits per heavy atom. The van der Waals surface area contributed by atoms with Crippen molar-refractivity contribution >= 4 is 10.9 Å². The molecule has 1 aromatic carbocycles. The van der Waals surface area contributed by atoms with E-state index in [1.165, 1.54) is 16.5 Å². The minimum absolute atomic E-state index is 1.05. The van der Waals surface area contributed by atoms with Crippen molar-refractivity contribution in [2.24, 2.45) is 0 Å². The molecular formula is C16H25N. The van der Waals surface area contributed by atoms with Crippen LogP contribution in [0.2, 0.25) is 0 Å². The van der Waals surface area contributed by atoms with Gasteiger partial charge in [-0.3, -0.25) is 4.98 Å². The van der Waals surface area contributed by atoms with Gasteiger partial charge >= 0.3 is 0 Å². The Morgan fingerprint density at radius 3 is 2.24 bits per heavy atom. The zero-order valence-corrected chi connectivity index (χ0v) is 12.0. The van der Waals surface area contributed by atoms with Gasteiger partial charge in [-0.25, -0.2) is 0 Å². The molecule has 0 bridgehead atoms. The molecule has 1 nitrogen and oxygen atoms in total. The molecule has 1 aromatic heterocycles. The van der Waals surface area contributed by atoms with Crippen LogP contribution in [0.4, 0.5) is 0 Å². The van der Waals surface area contributed by atoms with Gasteiger partial charge in [0.15, 0.2) is 0 Å². The first-order chi connectivity index (χ1) is 8.33. The summed E-state index contributed by atoms with van der Waals surface area (Å²) in [5, 5.41) is 1.28. The number of hydrogen-bond acceptors (Lipinski definition) is 1. The molecule has 0 amide bonds. The van der Waals surface area contributed by atoms with E-state index < -0.39 is 0 Å². The number of aromatic nitrogens is 1. The largest absolute Gasteiger partial charge is 0.256 e. The molecule has 94 valence electrons. The van der Waals surface area contributed by atoms with Gasteiger partial charge in [0.2, 0.25) is 0 Å². The van der Waals surface area contributed by atoms with Crippen LogP contribution in [-0.2, 0) is 6.42 Å². The topological polar surface area (TPSA) is 12.9 Å². The predicted molar refractivity (Wildman–Crippen MR) is 78.6 cm³/mol. The molecule has 0 fully saturated rings. The highest BCUT2D eigenvalue weighted by molar-refractivity contribution is 5.84. The highest BCUT2D eigenvalue weighted by atomic mass is 14.6. The number of hydrogen-bond donors (Lipinski definition) is 0. The minimum Gasteiger partial charge on any atom is -0.256 e. The van der Waals surface area contributed by atoms with Crippen LogP contribution in [0.15, 0.2) is 30.5 Å². The lowest BCUT2D eigenvalue weighted by Crippen LogP contribution is -1.88.